The highest BCUT2D eigenvalue weighted by atomic mass is 32.1. The van der Waals surface area contributed by atoms with E-state index >= 15 is 0 Å². The molecule has 20 heavy (non-hydrogen) atoms. The van der Waals surface area contributed by atoms with Crippen molar-refractivity contribution in [2.45, 2.75) is 6.42 Å². The highest BCUT2D eigenvalue weighted by Crippen LogP contribution is 2.28. The molecule has 2 rings (SSSR count). The molecular weight excluding hydrogens is 283 g/mol. The number of carboxylic acid groups (broad SMARTS) is 1. The van der Waals surface area contributed by atoms with Crippen molar-refractivity contribution >= 4 is 28.9 Å². The van der Waals surface area contributed by atoms with Crippen LogP contribution in [0.1, 0.15) is 16.1 Å². The number of Topliss-reactive ketones (excluding diaryl/α,β-unsaturated/α-hetero) is 2. The average molecular weight is 292 g/mol. The van der Waals surface area contributed by atoms with Gasteiger partial charge in [0.05, 0.1) is 11.3 Å². The summed E-state index contributed by atoms with van der Waals surface area (Å²) in [5.74, 6) is -3.63. The summed E-state index contributed by atoms with van der Waals surface area (Å²) in [5, 5.41) is 8.45. The third-order valence-corrected chi connectivity index (χ3v) is 3.74. The quantitative estimate of drug-likeness (QED) is 0.522. The van der Waals surface area contributed by atoms with Crippen LogP contribution in [-0.2, 0) is 9.59 Å². The van der Waals surface area contributed by atoms with Crippen LogP contribution in [0.2, 0.25) is 0 Å². The Labute approximate surface area is 117 Å². The van der Waals surface area contributed by atoms with E-state index in [-0.39, 0.29) is 5.82 Å². The van der Waals surface area contributed by atoms with Gasteiger partial charge in [-0.1, -0.05) is 12.1 Å². The van der Waals surface area contributed by atoms with Crippen LogP contribution >= 0.6 is 11.3 Å². The number of benzene rings is 1. The SMILES string of the molecule is O=C(O)C(=O)CC(=O)c1ccc(-c2ccc(F)cc2)s1. The van der Waals surface area contributed by atoms with E-state index in [9.17, 15) is 18.8 Å². The second-order valence-electron chi connectivity index (χ2n) is 4.00. The van der Waals surface area contributed by atoms with Gasteiger partial charge in [0.1, 0.15) is 5.82 Å². The van der Waals surface area contributed by atoms with Gasteiger partial charge in [-0.25, -0.2) is 9.18 Å². The molecule has 0 saturated carbocycles. The molecule has 6 heteroatoms. The van der Waals surface area contributed by atoms with Gasteiger partial charge in [-0.3, -0.25) is 9.59 Å². The molecule has 1 heterocycles. The fourth-order valence-electron chi connectivity index (χ4n) is 1.57. The first-order chi connectivity index (χ1) is 9.47. The van der Waals surface area contributed by atoms with Crippen molar-refractivity contribution in [1.29, 1.82) is 0 Å². The maximum atomic E-state index is 12.8. The summed E-state index contributed by atoms with van der Waals surface area (Å²) < 4.78 is 12.8. The third kappa shape index (κ3) is 3.16. The van der Waals surface area contributed by atoms with E-state index in [1.165, 1.54) is 18.2 Å². The molecule has 0 atom stereocenters. The molecule has 4 nitrogen and oxygen atoms in total. The minimum absolute atomic E-state index is 0.305. The zero-order valence-corrected chi connectivity index (χ0v) is 10.9. The smallest absolute Gasteiger partial charge is 0.372 e. The zero-order valence-electron chi connectivity index (χ0n) is 10.1. The number of hydrogen-bond acceptors (Lipinski definition) is 4. The van der Waals surface area contributed by atoms with Crippen LogP contribution in [-0.4, -0.2) is 22.6 Å². The van der Waals surface area contributed by atoms with E-state index in [1.807, 2.05) is 0 Å². The van der Waals surface area contributed by atoms with Crippen molar-refractivity contribution in [3.05, 3.63) is 47.1 Å². The Morgan fingerprint density at radius 3 is 2.30 bits per heavy atom. The fourth-order valence-corrected chi connectivity index (χ4v) is 2.51. The summed E-state index contributed by atoms with van der Waals surface area (Å²) in [7, 11) is 0. The lowest BCUT2D eigenvalue weighted by molar-refractivity contribution is -0.148. The molecule has 0 spiro atoms. The van der Waals surface area contributed by atoms with Gasteiger partial charge in [0, 0.05) is 4.88 Å². The summed E-state index contributed by atoms with van der Waals surface area (Å²) in [6.07, 6.45) is -0.654. The van der Waals surface area contributed by atoms with E-state index in [0.29, 0.717) is 4.88 Å². The molecule has 2 aromatic rings. The van der Waals surface area contributed by atoms with Crippen molar-refractivity contribution in [3.8, 4) is 10.4 Å². The topological polar surface area (TPSA) is 71.4 Å². The molecule has 0 unspecified atom stereocenters. The predicted octanol–water partition coefficient (Wildman–Crippen LogP) is 2.78. The molecule has 0 aliphatic carbocycles. The van der Waals surface area contributed by atoms with Gasteiger partial charge in [0.2, 0.25) is 5.78 Å². The van der Waals surface area contributed by atoms with Gasteiger partial charge in [0.15, 0.2) is 5.78 Å². The van der Waals surface area contributed by atoms with E-state index in [4.69, 9.17) is 5.11 Å². The minimum atomic E-state index is -1.62. The average Bonchev–Trinajstić information content (AvgIpc) is 2.89. The lowest BCUT2D eigenvalue weighted by Crippen LogP contribution is -2.16. The Morgan fingerprint density at radius 1 is 1.05 bits per heavy atom. The monoisotopic (exact) mass is 292 g/mol. The molecule has 0 radical (unpaired) electrons. The number of carbonyl (C=O) groups is 3. The highest BCUT2D eigenvalue weighted by Gasteiger charge is 2.19. The van der Waals surface area contributed by atoms with Gasteiger partial charge in [-0.15, -0.1) is 11.3 Å². The van der Waals surface area contributed by atoms with Gasteiger partial charge in [-0.05, 0) is 29.8 Å². The van der Waals surface area contributed by atoms with E-state index in [0.717, 1.165) is 21.8 Å². The maximum absolute atomic E-state index is 12.8. The van der Waals surface area contributed by atoms with Crippen molar-refractivity contribution < 1.29 is 23.9 Å². The summed E-state index contributed by atoms with van der Waals surface area (Å²) in [5.41, 5.74) is 0.750. The van der Waals surface area contributed by atoms with Crippen molar-refractivity contribution in [3.63, 3.8) is 0 Å². The van der Waals surface area contributed by atoms with Crippen LogP contribution in [0, 0.1) is 5.82 Å². The predicted molar refractivity (Wildman–Crippen MR) is 71.3 cm³/mol. The highest BCUT2D eigenvalue weighted by molar-refractivity contribution is 7.17. The van der Waals surface area contributed by atoms with Crippen LogP contribution in [0.5, 0.6) is 0 Å². The Balaban J connectivity index is 2.16. The first-order valence-corrected chi connectivity index (χ1v) is 6.44. The number of carbonyl (C=O) groups excluding carboxylic acids is 2. The zero-order chi connectivity index (χ0) is 14.7. The Kier molecular flexibility index (Phi) is 4.05. The van der Waals surface area contributed by atoms with Crippen LogP contribution in [0.4, 0.5) is 4.39 Å². The minimum Gasteiger partial charge on any atom is -0.475 e. The lowest BCUT2D eigenvalue weighted by Gasteiger charge is -1.96. The maximum Gasteiger partial charge on any atom is 0.372 e. The van der Waals surface area contributed by atoms with Crippen LogP contribution in [0.25, 0.3) is 10.4 Å². The van der Waals surface area contributed by atoms with Crippen LogP contribution in [0.15, 0.2) is 36.4 Å². The van der Waals surface area contributed by atoms with Crippen molar-refractivity contribution in [2.75, 3.05) is 0 Å². The van der Waals surface area contributed by atoms with Gasteiger partial charge in [-0.2, -0.15) is 0 Å². The van der Waals surface area contributed by atoms with Gasteiger partial charge >= 0.3 is 5.97 Å². The summed E-state index contributed by atoms with van der Waals surface area (Å²) in [6, 6.07) is 8.99. The first-order valence-electron chi connectivity index (χ1n) is 5.62. The molecular formula is C14H9FO4S. The number of carboxylic acids is 1. The number of hydrogen-bond donors (Lipinski definition) is 1. The number of thiophene rings is 1. The molecule has 0 bridgehead atoms. The first kappa shape index (κ1) is 14.1. The number of ketones is 2. The molecule has 0 aliphatic rings. The molecule has 0 fully saturated rings. The molecule has 1 aromatic heterocycles. The summed E-state index contributed by atoms with van der Waals surface area (Å²) in [6.45, 7) is 0. The second kappa shape index (κ2) is 5.75. The Bertz CT molecular complexity index is 673. The third-order valence-electron chi connectivity index (χ3n) is 2.57. The van der Waals surface area contributed by atoms with Crippen LogP contribution in [0.3, 0.4) is 0 Å². The molecule has 0 amide bonds. The van der Waals surface area contributed by atoms with Gasteiger partial charge in [0.25, 0.3) is 0 Å². The normalized spacial score (nSPS) is 10.2. The molecule has 0 aliphatic heterocycles. The second-order valence-corrected chi connectivity index (χ2v) is 5.08. The van der Waals surface area contributed by atoms with E-state index < -0.39 is 24.0 Å². The lowest BCUT2D eigenvalue weighted by atomic mass is 10.1. The number of rotatable bonds is 5. The summed E-state index contributed by atoms with van der Waals surface area (Å²) in [4.78, 5) is 34.1. The van der Waals surface area contributed by atoms with Crippen molar-refractivity contribution in [1.82, 2.24) is 0 Å². The molecule has 1 aromatic carbocycles. The molecule has 1 N–H and O–H groups in total. The van der Waals surface area contributed by atoms with Crippen LogP contribution < -0.4 is 0 Å². The van der Waals surface area contributed by atoms with E-state index in [2.05, 4.69) is 0 Å². The largest absolute Gasteiger partial charge is 0.475 e. The fraction of sp³-hybridized carbons (Fsp3) is 0.0714. The number of aliphatic carboxylic acids is 1. The van der Waals surface area contributed by atoms with Gasteiger partial charge < -0.3 is 5.11 Å². The summed E-state index contributed by atoms with van der Waals surface area (Å²) >= 11 is 1.14. The molecule has 102 valence electrons. The van der Waals surface area contributed by atoms with Crippen molar-refractivity contribution in [2.24, 2.45) is 0 Å². The number of halogens is 1. The standard InChI is InChI=1S/C14H9FO4S/c15-9-3-1-8(2-4-9)12-5-6-13(20-12)10(16)7-11(17)14(18)19/h1-6H,7H2,(H,18,19). The van der Waals surface area contributed by atoms with E-state index in [1.54, 1.807) is 18.2 Å². The molecule has 0 saturated heterocycles. The Morgan fingerprint density at radius 2 is 1.70 bits per heavy atom. The Hall–Kier alpha value is -2.34.